The van der Waals surface area contributed by atoms with Gasteiger partial charge in [0.05, 0.1) is 11.1 Å². The van der Waals surface area contributed by atoms with Crippen molar-refractivity contribution in [2.45, 2.75) is 13.8 Å². The highest BCUT2D eigenvalue weighted by atomic mass is 16.2. The molecule has 0 spiro atoms. The molecule has 0 saturated heterocycles. The Bertz CT molecular complexity index is 952. The molecule has 0 atom stereocenters. The van der Waals surface area contributed by atoms with E-state index in [9.17, 15) is 9.59 Å². The third-order valence-corrected chi connectivity index (χ3v) is 4.07. The fourth-order valence-electron chi connectivity index (χ4n) is 2.80. The molecule has 0 aliphatic carbocycles. The van der Waals surface area contributed by atoms with E-state index in [-0.39, 0.29) is 11.8 Å². The molecule has 0 fully saturated rings. The number of aromatic nitrogens is 1. The molecular formula is C21H21N3O2. The number of rotatable bonds is 5. The molecule has 0 aliphatic heterocycles. The predicted molar refractivity (Wildman–Crippen MR) is 102 cm³/mol. The monoisotopic (exact) mass is 347 g/mol. The van der Waals surface area contributed by atoms with Crippen molar-refractivity contribution in [2.24, 2.45) is 0 Å². The molecule has 26 heavy (non-hydrogen) atoms. The molecule has 2 N–H and O–H groups in total. The molecular weight excluding hydrogens is 326 g/mol. The summed E-state index contributed by atoms with van der Waals surface area (Å²) in [5.41, 5.74) is 3.88. The number of carbonyl (C=O) groups is 2. The van der Waals surface area contributed by atoms with E-state index in [1.807, 2.05) is 50.2 Å². The average Bonchev–Trinajstić information content (AvgIpc) is 2.65. The highest BCUT2D eigenvalue weighted by Gasteiger charge is 2.12. The van der Waals surface area contributed by atoms with Crippen molar-refractivity contribution in [3.63, 3.8) is 0 Å². The minimum Gasteiger partial charge on any atom is -0.350 e. The largest absolute Gasteiger partial charge is 0.350 e. The zero-order valence-electron chi connectivity index (χ0n) is 14.9. The molecule has 0 bridgehead atoms. The van der Waals surface area contributed by atoms with Crippen LogP contribution in [0.3, 0.4) is 0 Å². The Morgan fingerprint density at radius 2 is 1.58 bits per heavy atom. The summed E-state index contributed by atoms with van der Waals surface area (Å²) >= 11 is 0. The van der Waals surface area contributed by atoms with Crippen molar-refractivity contribution in [1.29, 1.82) is 0 Å². The smallest absolute Gasteiger partial charge is 0.252 e. The second-order valence-electron chi connectivity index (χ2n) is 6.21. The van der Waals surface area contributed by atoms with E-state index in [2.05, 4.69) is 15.6 Å². The molecule has 1 aromatic heterocycles. The zero-order chi connectivity index (χ0) is 18.5. The first-order valence-corrected chi connectivity index (χ1v) is 8.54. The van der Waals surface area contributed by atoms with Gasteiger partial charge in [0.15, 0.2) is 0 Å². The van der Waals surface area contributed by atoms with Crippen LogP contribution in [-0.2, 0) is 0 Å². The molecule has 5 heteroatoms. The van der Waals surface area contributed by atoms with E-state index in [4.69, 9.17) is 0 Å². The first kappa shape index (κ1) is 17.6. The normalized spacial score (nSPS) is 10.5. The Kier molecular flexibility index (Phi) is 5.27. The molecule has 0 aliphatic rings. The number of hydrogen-bond acceptors (Lipinski definition) is 3. The molecule has 1 heterocycles. The van der Waals surface area contributed by atoms with Gasteiger partial charge < -0.3 is 10.6 Å². The lowest BCUT2D eigenvalue weighted by atomic mass is 10.0. The Labute approximate surface area is 152 Å². The summed E-state index contributed by atoms with van der Waals surface area (Å²) in [7, 11) is 0. The van der Waals surface area contributed by atoms with Gasteiger partial charge in [0.1, 0.15) is 0 Å². The van der Waals surface area contributed by atoms with Crippen LogP contribution < -0.4 is 10.6 Å². The maximum absolute atomic E-state index is 12.6. The van der Waals surface area contributed by atoms with Gasteiger partial charge >= 0.3 is 0 Å². The lowest BCUT2D eigenvalue weighted by Gasteiger charge is -2.10. The molecule has 0 radical (unpaired) electrons. The molecule has 3 aromatic rings. The van der Waals surface area contributed by atoms with Gasteiger partial charge in [-0.25, -0.2) is 0 Å². The summed E-state index contributed by atoms with van der Waals surface area (Å²) in [6.45, 7) is 4.57. The summed E-state index contributed by atoms with van der Waals surface area (Å²) in [6.07, 6.45) is 0. The van der Waals surface area contributed by atoms with Crippen molar-refractivity contribution in [2.75, 3.05) is 13.1 Å². The lowest BCUT2D eigenvalue weighted by molar-refractivity contribution is 0.0928. The standard InChI is InChI=1S/C21H21N3O2/c1-14-8-9-19-17(12-14)18(13-15(2)24-19)21(26)23-11-10-22-20(25)16-6-4-3-5-7-16/h3-9,12-13H,10-11H2,1-2H3,(H,22,25)(H,23,26). The lowest BCUT2D eigenvalue weighted by Crippen LogP contribution is -2.34. The van der Waals surface area contributed by atoms with Gasteiger partial charge in [-0.05, 0) is 44.2 Å². The number of fused-ring (bicyclic) bond motifs is 1. The highest BCUT2D eigenvalue weighted by molar-refractivity contribution is 6.06. The van der Waals surface area contributed by atoms with E-state index in [1.165, 1.54) is 0 Å². The number of hydrogen-bond donors (Lipinski definition) is 2. The fourth-order valence-corrected chi connectivity index (χ4v) is 2.80. The Morgan fingerprint density at radius 3 is 2.31 bits per heavy atom. The van der Waals surface area contributed by atoms with E-state index in [1.54, 1.807) is 18.2 Å². The van der Waals surface area contributed by atoms with E-state index < -0.39 is 0 Å². The summed E-state index contributed by atoms with van der Waals surface area (Å²) < 4.78 is 0. The molecule has 5 nitrogen and oxygen atoms in total. The van der Waals surface area contributed by atoms with Crippen molar-refractivity contribution < 1.29 is 9.59 Å². The van der Waals surface area contributed by atoms with Gasteiger partial charge in [0.2, 0.25) is 0 Å². The summed E-state index contributed by atoms with van der Waals surface area (Å²) in [4.78, 5) is 29.0. The number of pyridine rings is 1. The summed E-state index contributed by atoms with van der Waals surface area (Å²) in [5.74, 6) is -0.319. The van der Waals surface area contributed by atoms with Crippen LogP contribution in [0.1, 0.15) is 32.0 Å². The second-order valence-corrected chi connectivity index (χ2v) is 6.21. The van der Waals surface area contributed by atoms with Gasteiger partial charge in [-0.2, -0.15) is 0 Å². The molecule has 0 unspecified atom stereocenters. The van der Waals surface area contributed by atoms with E-state index >= 15 is 0 Å². The first-order valence-electron chi connectivity index (χ1n) is 8.54. The van der Waals surface area contributed by atoms with Gasteiger partial charge in [-0.3, -0.25) is 14.6 Å². The van der Waals surface area contributed by atoms with Crippen LogP contribution in [0.4, 0.5) is 0 Å². The van der Waals surface area contributed by atoms with Gasteiger partial charge in [0.25, 0.3) is 11.8 Å². The minimum atomic E-state index is -0.167. The van der Waals surface area contributed by atoms with Crippen molar-refractivity contribution in [3.8, 4) is 0 Å². The Balaban J connectivity index is 1.63. The highest BCUT2D eigenvalue weighted by Crippen LogP contribution is 2.19. The first-order chi connectivity index (χ1) is 12.5. The van der Waals surface area contributed by atoms with Crippen molar-refractivity contribution in [3.05, 3.63) is 77.0 Å². The summed E-state index contributed by atoms with van der Waals surface area (Å²) in [6, 6.07) is 16.7. The van der Waals surface area contributed by atoms with E-state index in [0.29, 0.717) is 24.2 Å². The second kappa shape index (κ2) is 7.78. The number of benzene rings is 2. The maximum Gasteiger partial charge on any atom is 0.252 e. The van der Waals surface area contributed by atoms with Gasteiger partial charge in [-0.1, -0.05) is 29.8 Å². The van der Waals surface area contributed by atoms with E-state index in [0.717, 1.165) is 22.2 Å². The van der Waals surface area contributed by atoms with Crippen LogP contribution >= 0.6 is 0 Å². The van der Waals surface area contributed by atoms with Crippen LogP contribution in [0.2, 0.25) is 0 Å². The molecule has 2 aromatic carbocycles. The van der Waals surface area contributed by atoms with Crippen molar-refractivity contribution >= 4 is 22.7 Å². The number of amides is 2. The predicted octanol–water partition coefficient (Wildman–Crippen LogP) is 3.01. The third-order valence-electron chi connectivity index (χ3n) is 4.07. The Morgan fingerprint density at radius 1 is 0.885 bits per heavy atom. The van der Waals surface area contributed by atoms with Crippen molar-refractivity contribution in [1.82, 2.24) is 15.6 Å². The zero-order valence-corrected chi connectivity index (χ0v) is 14.9. The number of nitrogens with zero attached hydrogens (tertiary/aromatic N) is 1. The van der Waals surface area contributed by atoms with Crippen LogP contribution in [0.25, 0.3) is 10.9 Å². The topological polar surface area (TPSA) is 71.1 Å². The fraction of sp³-hybridized carbons (Fsp3) is 0.190. The van der Waals surface area contributed by atoms with Crippen LogP contribution in [0, 0.1) is 13.8 Å². The van der Waals surface area contributed by atoms with Crippen LogP contribution in [-0.4, -0.2) is 29.9 Å². The third kappa shape index (κ3) is 4.06. The molecule has 2 amide bonds. The molecule has 3 rings (SSSR count). The van der Waals surface area contributed by atoms with Crippen LogP contribution in [0.5, 0.6) is 0 Å². The molecule has 0 saturated carbocycles. The molecule has 132 valence electrons. The summed E-state index contributed by atoms with van der Waals surface area (Å²) in [5, 5.41) is 6.50. The number of carbonyl (C=O) groups excluding carboxylic acids is 2. The van der Waals surface area contributed by atoms with Gasteiger partial charge in [-0.15, -0.1) is 0 Å². The maximum atomic E-state index is 12.6. The quantitative estimate of drug-likeness (QED) is 0.697. The van der Waals surface area contributed by atoms with Gasteiger partial charge in [0, 0.05) is 29.7 Å². The Hall–Kier alpha value is -3.21. The SMILES string of the molecule is Cc1ccc2nc(C)cc(C(=O)NCCNC(=O)c3ccccc3)c2c1. The van der Waals surface area contributed by atoms with Crippen LogP contribution in [0.15, 0.2) is 54.6 Å². The number of nitrogens with one attached hydrogen (secondary N) is 2. The minimum absolute atomic E-state index is 0.152. The average molecular weight is 347 g/mol. The number of aryl methyl sites for hydroxylation is 2.